The molecule has 0 bridgehead atoms. The molecule has 4 atom stereocenters. The van der Waals surface area contributed by atoms with Gasteiger partial charge in [-0.3, -0.25) is 24.8 Å². The fraction of sp³-hybridized carbons (Fsp3) is 0.519. The smallest absolute Gasteiger partial charge is 0.249 e. The van der Waals surface area contributed by atoms with Crippen LogP contribution in [0.4, 0.5) is 11.4 Å². The molecule has 0 spiro atoms. The predicted molar refractivity (Wildman–Crippen MR) is 255 cm³/mol. The van der Waals surface area contributed by atoms with E-state index < -0.39 is 23.6 Å². The van der Waals surface area contributed by atoms with E-state index in [1.54, 1.807) is 6.92 Å². The molecular weight excluding hydrogens is 789 g/mol. The van der Waals surface area contributed by atoms with E-state index in [1.165, 1.54) is 6.42 Å². The normalized spacial score (nSPS) is 15.4. The number of ketones is 3. The first-order valence-corrected chi connectivity index (χ1v) is 23.1. The van der Waals surface area contributed by atoms with Crippen molar-refractivity contribution in [1.29, 1.82) is 10.8 Å². The van der Waals surface area contributed by atoms with Gasteiger partial charge in [0.05, 0.1) is 11.5 Å². The van der Waals surface area contributed by atoms with Crippen LogP contribution < -0.4 is 16.4 Å². The molecule has 0 aromatic heterocycles. The van der Waals surface area contributed by atoms with Crippen LogP contribution in [0.1, 0.15) is 148 Å². The molecule has 63 heavy (non-hydrogen) atoms. The van der Waals surface area contributed by atoms with E-state index in [1.807, 2.05) is 113 Å². The van der Waals surface area contributed by atoms with Gasteiger partial charge in [0.1, 0.15) is 5.78 Å². The summed E-state index contributed by atoms with van der Waals surface area (Å²) in [5.41, 5.74) is 10.3. The number of nitrogens with one attached hydrogen (secondary N) is 4. The van der Waals surface area contributed by atoms with Crippen LogP contribution in [0.2, 0.25) is 0 Å². The standard InChI is InChI=1S/C52H72N6O5/c1-7-16-40(48(54)45(61)23-15-24-47(53)57-49(41-20-12-9-13-21-41)51(62)58-52(4,5)6)29-32-44(60)46(63-50(55)36(3)39-18-10-8-11-19-39)34-38-17-14-22-43(33-38)56-42-30-27-37(28-31-42)26-25-35(2)59/h9,12-14,17,20-22,27-28,30-31,33,36,39-40,46,49,54-56H,7-8,10-11,15-16,18-19,23-26,29,32,34H2,1-6H3,(H2,53,57)(H,58,62)/t36-,40?,46?,49?/m0/s1. The second-order valence-corrected chi connectivity index (χ2v) is 18.4. The molecule has 3 unspecified atom stereocenters. The summed E-state index contributed by atoms with van der Waals surface area (Å²) in [6.07, 6.45) is 8.73. The van der Waals surface area contributed by atoms with Crippen molar-refractivity contribution in [2.45, 2.75) is 156 Å². The Hall–Kier alpha value is -5.45. The molecule has 3 aromatic carbocycles. The zero-order valence-corrected chi connectivity index (χ0v) is 38.6. The molecule has 0 aliphatic heterocycles. The van der Waals surface area contributed by atoms with Gasteiger partial charge in [0, 0.05) is 60.9 Å². The zero-order chi connectivity index (χ0) is 45.9. The van der Waals surface area contributed by atoms with E-state index in [9.17, 15) is 19.2 Å². The molecule has 1 saturated carbocycles. The van der Waals surface area contributed by atoms with E-state index in [0.29, 0.717) is 43.6 Å². The van der Waals surface area contributed by atoms with Gasteiger partial charge in [-0.25, -0.2) is 0 Å². The number of amides is 1. The molecule has 0 heterocycles. The third kappa shape index (κ3) is 17.3. The van der Waals surface area contributed by atoms with Crippen LogP contribution in [-0.2, 0) is 36.8 Å². The number of ether oxygens (including phenoxy) is 1. The van der Waals surface area contributed by atoms with Crippen molar-refractivity contribution in [1.82, 2.24) is 5.32 Å². The van der Waals surface area contributed by atoms with Gasteiger partial charge in [-0.05, 0) is 113 Å². The number of aliphatic imine (C=N–C) groups is 1. The minimum Gasteiger partial charge on any atom is -0.469 e. The third-order valence-corrected chi connectivity index (χ3v) is 11.8. The van der Waals surface area contributed by atoms with Crippen LogP contribution in [0.15, 0.2) is 83.9 Å². The molecule has 4 rings (SSSR count). The van der Waals surface area contributed by atoms with Crippen LogP contribution in [0, 0.1) is 28.6 Å². The first-order chi connectivity index (χ1) is 30.0. The lowest BCUT2D eigenvalue weighted by Gasteiger charge is -2.29. The number of hydrogen-bond acceptors (Lipinski definition) is 9. The number of benzene rings is 3. The summed E-state index contributed by atoms with van der Waals surface area (Å²) in [6, 6.07) is 24.3. The fourth-order valence-electron chi connectivity index (χ4n) is 8.20. The van der Waals surface area contributed by atoms with Gasteiger partial charge in [0.2, 0.25) is 5.91 Å². The van der Waals surface area contributed by atoms with Crippen molar-refractivity contribution in [2.75, 3.05) is 5.32 Å². The number of hydrogen-bond donors (Lipinski definition) is 5. The maximum atomic E-state index is 14.2. The minimum atomic E-state index is -0.890. The summed E-state index contributed by atoms with van der Waals surface area (Å²) in [5, 5.41) is 24.4. The highest BCUT2D eigenvalue weighted by Gasteiger charge is 2.30. The molecule has 0 radical (unpaired) electrons. The Morgan fingerprint density at radius 3 is 2.19 bits per heavy atom. The Labute approximate surface area is 375 Å². The average molecular weight is 861 g/mol. The highest BCUT2D eigenvalue weighted by Crippen LogP contribution is 2.32. The molecule has 11 nitrogen and oxygen atoms in total. The highest BCUT2D eigenvalue weighted by molar-refractivity contribution is 6.39. The summed E-state index contributed by atoms with van der Waals surface area (Å²) in [4.78, 5) is 56.8. The molecule has 1 aliphatic rings. The van der Waals surface area contributed by atoms with E-state index in [4.69, 9.17) is 21.3 Å². The van der Waals surface area contributed by atoms with Crippen molar-refractivity contribution in [3.8, 4) is 0 Å². The van der Waals surface area contributed by atoms with E-state index in [-0.39, 0.29) is 72.3 Å². The predicted octanol–water partition coefficient (Wildman–Crippen LogP) is 10.6. The topological polar surface area (TPSA) is 188 Å². The maximum absolute atomic E-state index is 14.2. The number of amidine groups is 1. The number of anilines is 2. The Kier molecular flexibility index (Phi) is 19.9. The van der Waals surface area contributed by atoms with Gasteiger partial charge in [0.15, 0.2) is 29.6 Å². The van der Waals surface area contributed by atoms with Gasteiger partial charge in [0.25, 0.3) is 0 Å². The van der Waals surface area contributed by atoms with E-state index >= 15 is 0 Å². The molecule has 11 heteroatoms. The lowest BCUT2D eigenvalue weighted by molar-refractivity contribution is -0.127. The Morgan fingerprint density at radius 1 is 0.841 bits per heavy atom. The van der Waals surface area contributed by atoms with Crippen molar-refractivity contribution in [3.05, 3.63) is 95.6 Å². The number of carbonyl (C=O) groups is 4. The van der Waals surface area contributed by atoms with Crippen LogP contribution in [0.25, 0.3) is 0 Å². The first-order valence-electron chi connectivity index (χ1n) is 23.1. The molecule has 340 valence electrons. The lowest BCUT2D eigenvalue weighted by atomic mass is 9.81. The molecule has 1 aliphatic carbocycles. The number of nitrogens with zero attached hydrogens (tertiary/aromatic N) is 1. The average Bonchev–Trinajstić information content (AvgIpc) is 3.25. The van der Waals surface area contributed by atoms with Crippen LogP contribution in [0.3, 0.4) is 0 Å². The van der Waals surface area contributed by atoms with Crippen LogP contribution in [-0.4, -0.2) is 52.3 Å². The monoisotopic (exact) mass is 861 g/mol. The van der Waals surface area contributed by atoms with Crippen LogP contribution in [0.5, 0.6) is 0 Å². The second-order valence-electron chi connectivity index (χ2n) is 18.4. The van der Waals surface area contributed by atoms with Crippen molar-refractivity contribution in [2.24, 2.45) is 28.5 Å². The molecule has 3 aromatic rings. The lowest BCUT2D eigenvalue weighted by Crippen LogP contribution is -2.43. The Bertz CT molecular complexity index is 2020. The summed E-state index contributed by atoms with van der Waals surface area (Å²) in [7, 11) is 0. The van der Waals surface area contributed by atoms with E-state index in [2.05, 4.69) is 15.6 Å². The van der Waals surface area contributed by atoms with Gasteiger partial charge < -0.3 is 31.3 Å². The van der Waals surface area contributed by atoms with Crippen molar-refractivity contribution >= 4 is 52.1 Å². The number of carbonyl (C=O) groups excluding carboxylic acids is 4. The summed E-state index contributed by atoms with van der Waals surface area (Å²) >= 11 is 0. The summed E-state index contributed by atoms with van der Waals surface area (Å²) in [5.74, 6) is -0.287. The quantitative estimate of drug-likeness (QED) is 0.0414. The number of rotatable bonds is 25. The van der Waals surface area contributed by atoms with Gasteiger partial charge >= 0.3 is 0 Å². The highest BCUT2D eigenvalue weighted by atomic mass is 16.5. The van der Waals surface area contributed by atoms with Crippen molar-refractivity contribution < 1.29 is 23.9 Å². The molecular formula is C52H72N6O5. The summed E-state index contributed by atoms with van der Waals surface area (Å²) in [6.45, 7) is 11.4. The molecule has 1 amide bonds. The number of aryl methyl sites for hydroxylation is 1. The maximum Gasteiger partial charge on any atom is 0.249 e. The number of Topliss-reactive ketones (excluding diaryl/α,β-unsaturated/α-hetero) is 3. The second kappa shape index (κ2) is 25.0. The Morgan fingerprint density at radius 2 is 1.54 bits per heavy atom. The number of nitrogens with two attached hydrogens (primary N) is 1. The molecule has 1 fully saturated rings. The first kappa shape index (κ1) is 50.2. The summed E-state index contributed by atoms with van der Waals surface area (Å²) < 4.78 is 6.33. The third-order valence-electron chi connectivity index (χ3n) is 11.8. The van der Waals surface area contributed by atoms with Gasteiger partial charge in [-0.1, -0.05) is 94.1 Å². The molecule has 6 N–H and O–H groups in total. The largest absolute Gasteiger partial charge is 0.469 e. The molecule has 0 saturated heterocycles. The minimum absolute atomic E-state index is 0.00803. The fourth-order valence-corrected chi connectivity index (χ4v) is 8.20. The van der Waals surface area contributed by atoms with E-state index in [0.717, 1.165) is 54.6 Å². The van der Waals surface area contributed by atoms with Crippen molar-refractivity contribution in [3.63, 3.8) is 0 Å². The van der Waals surface area contributed by atoms with Crippen LogP contribution >= 0.6 is 0 Å². The van der Waals surface area contributed by atoms with Gasteiger partial charge in [-0.15, -0.1) is 0 Å². The zero-order valence-electron chi connectivity index (χ0n) is 38.6. The SMILES string of the molecule is CCCC(CCC(=O)C(Cc1cccc(Nc2ccc(CCC(C)=O)cc2)c1)OC(=N)[C@@H](C)C1CCCCC1)C(=N)C(=O)CCCC(N)=NC(C(=O)NC(C)(C)C)c1ccccc1. The van der Waals surface area contributed by atoms with Gasteiger partial charge in [-0.2, -0.15) is 0 Å². The Balaban J connectivity index is 1.41.